The van der Waals surface area contributed by atoms with Crippen molar-refractivity contribution in [2.45, 2.75) is 37.6 Å². The van der Waals surface area contributed by atoms with Crippen molar-refractivity contribution in [2.24, 2.45) is 0 Å². The molecule has 4 atom stereocenters. The Hall–Kier alpha value is -3.45. The fraction of sp³-hybridized carbons (Fsp3) is 0.500. The quantitative estimate of drug-likeness (QED) is 0.540. The van der Waals surface area contributed by atoms with Crippen LogP contribution in [-0.4, -0.2) is 98.1 Å². The summed E-state index contributed by atoms with van der Waals surface area (Å²) in [5.74, 6) is 1.11. The Labute approximate surface area is 231 Å². The van der Waals surface area contributed by atoms with Crippen molar-refractivity contribution < 1.29 is 6.11 Å². The number of nitriles is 1. The molecule has 4 aliphatic heterocycles. The molecule has 2 bridgehead atoms. The highest BCUT2D eigenvalue weighted by Crippen LogP contribution is 2.31. The van der Waals surface area contributed by atoms with Crippen molar-refractivity contribution in [2.75, 3.05) is 73.6 Å². The van der Waals surface area contributed by atoms with Gasteiger partial charge in [-0.05, 0) is 49.7 Å². The van der Waals surface area contributed by atoms with E-state index in [0.29, 0.717) is 23.2 Å². The number of morpholine rings is 1. The van der Waals surface area contributed by atoms with Crippen LogP contribution in [0.25, 0.3) is 10.9 Å². The first-order chi connectivity index (χ1) is 19.5. The number of ether oxygens (including phenoxy) is 1. The smallest absolute Gasteiger partial charge is 0.128 e. The number of rotatable bonds is 5. The van der Waals surface area contributed by atoms with Gasteiger partial charge >= 0.3 is 0 Å². The maximum Gasteiger partial charge on any atom is 0.128 e. The fourth-order valence-electron chi connectivity index (χ4n) is 6.87. The van der Waals surface area contributed by atoms with Crippen LogP contribution in [0.3, 0.4) is 0 Å². The Morgan fingerprint density at radius 2 is 1.97 bits per heavy atom. The van der Waals surface area contributed by atoms with Gasteiger partial charge in [-0.1, -0.05) is 0 Å². The zero-order valence-corrected chi connectivity index (χ0v) is 22.5. The minimum atomic E-state index is 0.0932. The molecule has 202 valence electrons. The predicted molar refractivity (Wildman–Crippen MR) is 153 cm³/mol. The average molecular weight is 526 g/mol. The summed E-state index contributed by atoms with van der Waals surface area (Å²) in [6.07, 6.45) is 3.65. The first kappa shape index (κ1) is 23.4. The number of anilines is 3. The number of pyridine rings is 2. The van der Waals surface area contributed by atoms with E-state index in [1.54, 1.807) is 6.07 Å². The molecule has 0 radical (unpaired) electrons. The Morgan fingerprint density at radius 3 is 2.72 bits per heavy atom. The zero-order valence-electron chi connectivity index (χ0n) is 23.5. The Kier molecular flexibility index (Phi) is 6.17. The highest BCUT2D eigenvalue weighted by molar-refractivity contribution is 5.95. The number of hydrogen-bond acceptors (Lipinski definition) is 9. The molecular formula is C30H36N8O. The van der Waals surface area contributed by atoms with Gasteiger partial charge in [0.15, 0.2) is 0 Å². The maximum atomic E-state index is 9.56. The second kappa shape index (κ2) is 10.3. The lowest BCUT2D eigenvalue weighted by molar-refractivity contribution is -0.0327. The summed E-state index contributed by atoms with van der Waals surface area (Å²) in [5.41, 5.74) is 3.37. The predicted octanol–water partition coefficient (Wildman–Crippen LogP) is 2.47. The Morgan fingerprint density at radius 1 is 1.08 bits per heavy atom. The van der Waals surface area contributed by atoms with E-state index in [0.717, 1.165) is 75.8 Å². The first-order valence-corrected chi connectivity index (χ1v) is 14.2. The molecule has 9 heteroatoms. The van der Waals surface area contributed by atoms with Gasteiger partial charge in [0.05, 0.1) is 36.5 Å². The Balaban J connectivity index is 0.976. The third-order valence-corrected chi connectivity index (χ3v) is 8.76. The van der Waals surface area contributed by atoms with Crippen LogP contribution in [0.1, 0.15) is 20.3 Å². The number of nitrogens with zero attached hydrogens (tertiary/aromatic N) is 7. The van der Waals surface area contributed by atoms with Gasteiger partial charge in [0, 0.05) is 88.2 Å². The molecule has 0 amide bonds. The summed E-state index contributed by atoms with van der Waals surface area (Å²) in [5, 5.41) is 14.0. The minimum absolute atomic E-state index is 0.0932. The number of benzene rings is 1. The maximum absolute atomic E-state index is 9.56. The highest BCUT2D eigenvalue weighted by atomic mass is 16.5. The SMILES string of the molecule is [2H]c1ccc2c(N3C[C@H](CN4CCN(c5ccc(N6C[C@@H]7C[C@H]6CN7)nc5)CC4)O[C@H](C)C3)ccc(C#N)c2n1. The van der Waals surface area contributed by atoms with Crippen molar-refractivity contribution in [1.29, 1.82) is 5.26 Å². The molecule has 7 rings (SSSR count). The van der Waals surface area contributed by atoms with E-state index in [-0.39, 0.29) is 18.4 Å². The van der Waals surface area contributed by atoms with E-state index >= 15 is 0 Å². The molecule has 39 heavy (non-hydrogen) atoms. The molecule has 4 saturated heterocycles. The van der Waals surface area contributed by atoms with Crippen LogP contribution < -0.4 is 20.0 Å². The van der Waals surface area contributed by atoms with Gasteiger partial charge in [-0.15, -0.1) is 0 Å². The van der Waals surface area contributed by atoms with Crippen molar-refractivity contribution in [3.8, 4) is 6.07 Å². The topological polar surface area (TPSA) is 83.8 Å². The van der Waals surface area contributed by atoms with Crippen molar-refractivity contribution in [3.05, 3.63) is 54.3 Å². The summed E-state index contributed by atoms with van der Waals surface area (Å²) in [6, 6.07) is 15.3. The first-order valence-electron chi connectivity index (χ1n) is 14.7. The molecular weight excluding hydrogens is 488 g/mol. The molecule has 0 unspecified atom stereocenters. The molecule has 1 aromatic carbocycles. The fourth-order valence-corrected chi connectivity index (χ4v) is 6.87. The van der Waals surface area contributed by atoms with E-state index in [2.05, 4.69) is 61.2 Å². The molecule has 2 aromatic heterocycles. The van der Waals surface area contributed by atoms with E-state index in [1.165, 1.54) is 12.1 Å². The van der Waals surface area contributed by atoms with Crippen LogP contribution in [0.15, 0.2) is 48.8 Å². The van der Waals surface area contributed by atoms with Crippen LogP contribution in [0.2, 0.25) is 0 Å². The van der Waals surface area contributed by atoms with Crippen LogP contribution in [0, 0.1) is 11.3 Å². The molecule has 0 saturated carbocycles. The second-order valence-electron chi connectivity index (χ2n) is 11.4. The van der Waals surface area contributed by atoms with Crippen LogP contribution in [-0.2, 0) is 4.74 Å². The lowest BCUT2D eigenvalue weighted by Crippen LogP contribution is -2.54. The monoisotopic (exact) mass is 525 g/mol. The van der Waals surface area contributed by atoms with E-state index in [4.69, 9.17) is 11.1 Å². The number of fused-ring (bicyclic) bond motifs is 3. The van der Waals surface area contributed by atoms with Gasteiger partial charge in [0.25, 0.3) is 0 Å². The summed E-state index contributed by atoms with van der Waals surface area (Å²) in [4.78, 5) is 19.0. The number of aromatic nitrogens is 2. The molecule has 0 aliphatic carbocycles. The molecule has 0 spiro atoms. The summed E-state index contributed by atoms with van der Waals surface area (Å²) < 4.78 is 14.3. The largest absolute Gasteiger partial charge is 0.370 e. The van der Waals surface area contributed by atoms with Crippen molar-refractivity contribution >= 4 is 28.1 Å². The van der Waals surface area contributed by atoms with Gasteiger partial charge in [-0.25, -0.2) is 4.98 Å². The standard InChI is InChI=1S/C30H36N8O/c1-21-17-37(28-6-4-22(14-31)30-27(28)3-2-8-32-30)20-26(39-21)19-35-9-11-36(12-10-35)24-5-7-29(34-15-24)38-18-23-13-25(38)16-33-23/h2-8,15,21,23,25-26,33H,9-13,16-20H2,1H3/t21-,23+,25+,26+/m1/s1/i8D. The molecule has 1 N–H and O–H groups in total. The third-order valence-electron chi connectivity index (χ3n) is 8.76. The van der Waals surface area contributed by atoms with Crippen LogP contribution >= 0.6 is 0 Å². The summed E-state index contributed by atoms with van der Waals surface area (Å²) in [7, 11) is 0. The molecule has 3 aromatic rings. The molecule has 9 nitrogen and oxygen atoms in total. The van der Waals surface area contributed by atoms with Gasteiger partial charge in [-0.2, -0.15) is 5.26 Å². The third kappa shape index (κ3) is 4.78. The number of nitrogens with one attached hydrogen (secondary N) is 1. The molecule has 6 heterocycles. The average Bonchev–Trinajstić information content (AvgIpc) is 3.61. The van der Waals surface area contributed by atoms with E-state index in [1.807, 2.05) is 18.2 Å². The van der Waals surface area contributed by atoms with Crippen molar-refractivity contribution in [1.82, 2.24) is 20.2 Å². The van der Waals surface area contributed by atoms with E-state index < -0.39 is 0 Å². The normalized spacial score (nSPS) is 27.7. The number of piperazine rings is 2. The van der Waals surface area contributed by atoms with Crippen molar-refractivity contribution in [3.63, 3.8) is 0 Å². The summed E-state index contributed by atoms with van der Waals surface area (Å²) >= 11 is 0. The van der Waals surface area contributed by atoms with Gasteiger partial charge < -0.3 is 24.8 Å². The highest BCUT2D eigenvalue weighted by Gasteiger charge is 2.38. The number of hydrogen-bond donors (Lipinski definition) is 1. The van der Waals surface area contributed by atoms with Crippen LogP contribution in [0.5, 0.6) is 0 Å². The van der Waals surface area contributed by atoms with Gasteiger partial charge in [0.2, 0.25) is 0 Å². The second-order valence-corrected chi connectivity index (χ2v) is 11.4. The van der Waals surface area contributed by atoms with E-state index in [9.17, 15) is 5.26 Å². The lowest BCUT2D eigenvalue weighted by atomic mass is 10.1. The molecule has 4 fully saturated rings. The van der Waals surface area contributed by atoms with Crippen LogP contribution in [0.4, 0.5) is 17.2 Å². The van der Waals surface area contributed by atoms with Gasteiger partial charge in [0.1, 0.15) is 11.9 Å². The lowest BCUT2D eigenvalue weighted by Gasteiger charge is -2.42. The van der Waals surface area contributed by atoms with Gasteiger partial charge in [-0.3, -0.25) is 9.88 Å². The molecule has 4 aliphatic rings. The minimum Gasteiger partial charge on any atom is -0.370 e. The Bertz CT molecular complexity index is 1420. The summed E-state index contributed by atoms with van der Waals surface area (Å²) in [6.45, 7) is 10.7. The zero-order chi connectivity index (χ0) is 27.2.